The van der Waals surface area contributed by atoms with E-state index in [2.05, 4.69) is 12.2 Å². The first kappa shape index (κ1) is 12.2. The molecule has 0 saturated heterocycles. The minimum atomic E-state index is -0.355. The molecule has 0 radical (unpaired) electrons. The third-order valence-corrected chi connectivity index (χ3v) is 1.70. The van der Waals surface area contributed by atoms with Gasteiger partial charge in [0.05, 0.1) is 6.61 Å². The van der Waals surface area contributed by atoms with Crippen LogP contribution in [-0.4, -0.2) is 25.3 Å². The Balaban J connectivity index is 3.28. The van der Waals surface area contributed by atoms with Crippen LogP contribution in [0.1, 0.15) is 33.1 Å². The minimum absolute atomic E-state index is 0.152. The van der Waals surface area contributed by atoms with Crippen molar-refractivity contribution < 1.29 is 9.53 Å². The van der Waals surface area contributed by atoms with E-state index < -0.39 is 0 Å². The van der Waals surface area contributed by atoms with Crippen LogP contribution in [0.4, 0.5) is 4.79 Å². The zero-order valence-corrected chi connectivity index (χ0v) is 8.51. The maximum absolute atomic E-state index is 10.8. The highest BCUT2D eigenvalue weighted by Gasteiger charge is 2.03. The smallest absolute Gasteiger partial charge is 0.407 e. The van der Waals surface area contributed by atoms with Gasteiger partial charge in [-0.15, -0.1) is 0 Å². The summed E-state index contributed by atoms with van der Waals surface area (Å²) in [6.45, 7) is 4.95. The van der Waals surface area contributed by atoms with Crippen LogP contribution in [0.15, 0.2) is 0 Å². The fourth-order valence-corrected chi connectivity index (χ4v) is 1.01. The molecular formula is C9H20N2O2. The van der Waals surface area contributed by atoms with E-state index in [9.17, 15) is 4.79 Å². The van der Waals surface area contributed by atoms with Gasteiger partial charge in [0.2, 0.25) is 0 Å². The van der Waals surface area contributed by atoms with Crippen LogP contribution in [0.5, 0.6) is 0 Å². The Kier molecular flexibility index (Phi) is 7.39. The molecule has 13 heavy (non-hydrogen) atoms. The summed E-state index contributed by atoms with van der Waals surface area (Å²) in [5.74, 6) is 0. The van der Waals surface area contributed by atoms with E-state index in [1.807, 2.05) is 6.92 Å². The standard InChI is InChI=1S/C9H20N2O2/c1-3-5-8(10)6-7-13-9(12)11-4-2/h8H,3-7,10H2,1-2H3,(H,11,12). The lowest BCUT2D eigenvalue weighted by molar-refractivity contribution is 0.142. The third kappa shape index (κ3) is 7.59. The Labute approximate surface area is 79.8 Å². The van der Waals surface area contributed by atoms with Gasteiger partial charge in [-0.3, -0.25) is 0 Å². The number of nitrogens with two attached hydrogens (primary N) is 1. The second-order valence-electron chi connectivity index (χ2n) is 3.00. The number of hydrogen-bond acceptors (Lipinski definition) is 3. The predicted octanol–water partition coefficient (Wildman–Crippen LogP) is 1.25. The fourth-order valence-electron chi connectivity index (χ4n) is 1.01. The van der Waals surface area contributed by atoms with Crippen molar-refractivity contribution in [1.29, 1.82) is 0 Å². The second kappa shape index (κ2) is 7.86. The highest BCUT2D eigenvalue weighted by atomic mass is 16.5. The Hall–Kier alpha value is -0.770. The van der Waals surface area contributed by atoms with Gasteiger partial charge < -0.3 is 15.8 Å². The highest BCUT2D eigenvalue weighted by Crippen LogP contribution is 1.98. The van der Waals surface area contributed by atoms with E-state index in [0.29, 0.717) is 13.2 Å². The number of carbonyl (C=O) groups excluding carboxylic acids is 1. The van der Waals surface area contributed by atoms with Crippen LogP contribution in [-0.2, 0) is 4.74 Å². The van der Waals surface area contributed by atoms with Crippen molar-refractivity contribution in [1.82, 2.24) is 5.32 Å². The molecular weight excluding hydrogens is 168 g/mol. The topological polar surface area (TPSA) is 64.3 Å². The highest BCUT2D eigenvalue weighted by molar-refractivity contribution is 5.66. The maximum atomic E-state index is 10.8. The molecule has 4 nitrogen and oxygen atoms in total. The quantitative estimate of drug-likeness (QED) is 0.659. The van der Waals surface area contributed by atoms with Gasteiger partial charge in [0.1, 0.15) is 0 Å². The molecule has 0 heterocycles. The number of ether oxygens (including phenoxy) is 1. The molecule has 78 valence electrons. The molecule has 0 aromatic carbocycles. The molecule has 3 N–H and O–H groups in total. The van der Waals surface area contributed by atoms with Gasteiger partial charge in [0, 0.05) is 12.6 Å². The lowest BCUT2D eigenvalue weighted by Crippen LogP contribution is -2.27. The minimum Gasteiger partial charge on any atom is -0.450 e. The lowest BCUT2D eigenvalue weighted by atomic mass is 10.1. The molecule has 1 unspecified atom stereocenters. The molecule has 0 aliphatic rings. The summed E-state index contributed by atoms with van der Waals surface area (Å²) in [5.41, 5.74) is 5.73. The van der Waals surface area contributed by atoms with Crippen molar-refractivity contribution in [3.05, 3.63) is 0 Å². The van der Waals surface area contributed by atoms with E-state index in [-0.39, 0.29) is 12.1 Å². The molecule has 0 aromatic rings. The number of hydrogen-bond donors (Lipinski definition) is 2. The van der Waals surface area contributed by atoms with Gasteiger partial charge in [0.25, 0.3) is 0 Å². The molecule has 0 spiro atoms. The SMILES string of the molecule is CCCC(N)CCOC(=O)NCC. The van der Waals surface area contributed by atoms with E-state index in [0.717, 1.165) is 19.3 Å². The molecule has 0 fully saturated rings. The van der Waals surface area contributed by atoms with Gasteiger partial charge in [-0.2, -0.15) is 0 Å². The summed E-state index contributed by atoms with van der Waals surface area (Å²) in [5, 5.41) is 2.55. The molecule has 0 aliphatic carbocycles. The van der Waals surface area contributed by atoms with Crippen LogP contribution in [0.3, 0.4) is 0 Å². The van der Waals surface area contributed by atoms with E-state index in [4.69, 9.17) is 10.5 Å². The van der Waals surface area contributed by atoms with E-state index >= 15 is 0 Å². The van der Waals surface area contributed by atoms with E-state index in [1.165, 1.54) is 0 Å². The van der Waals surface area contributed by atoms with Gasteiger partial charge in [-0.25, -0.2) is 4.79 Å². The monoisotopic (exact) mass is 188 g/mol. The largest absolute Gasteiger partial charge is 0.450 e. The molecule has 0 aliphatic heterocycles. The first-order chi connectivity index (χ1) is 6.20. The molecule has 0 aromatic heterocycles. The van der Waals surface area contributed by atoms with Crippen molar-refractivity contribution in [3.63, 3.8) is 0 Å². The van der Waals surface area contributed by atoms with Gasteiger partial charge in [-0.1, -0.05) is 13.3 Å². The lowest BCUT2D eigenvalue weighted by Gasteiger charge is -2.10. The Morgan fingerprint density at radius 1 is 1.46 bits per heavy atom. The second-order valence-corrected chi connectivity index (χ2v) is 3.00. The maximum Gasteiger partial charge on any atom is 0.407 e. The predicted molar refractivity (Wildman–Crippen MR) is 52.5 cm³/mol. The number of rotatable bonds is 6. The Morgan fingerprint density at radius 3 is 2.69 bits per heavy atom. The Bertz CT molecular complexity index is 140. The number of alkyl carbamates (subject to hydrolysis) is 1. The van der Waals surface area contributed by atoms with Crippen molar-refractivity contribution >= 4 is 6.09 Å². The van der Waals surface area contributed by atoms with Crippen LogP contribution in [0, 0.1) is 0 Å². The number of nitrogens with one attached hydrogen (secondary N) is 1. The normalized spacial score (nSPS) is 12.2. The third-order valence-electron chi connectivity index (χ3n) is 1.70. The van der Waals surface area contributed by atoms with E-state index in [1.54, 1.807) is 0 Å². The van der Waals surface area contributed by atoms with Gasteiger partial charge >= 0.3 is 6.09 Å². The van der Waals surface area contributed by atoms with Crippen LogP contribution >= 0.6 is 0 Å². The van der Waals surface area contributed by atoms with Crippen LogP contribution in [0.2, 0.25) is 0 Å². The van der Waals surface area contributed by atoms with Crippen molar-refractivity contribution in [2.45, 2.75) is 39.2 Å². The molecule has 1 atom stereocenters. The summed E-state index contributed by atoms with van der Waals surface area (Å²) >= 11 is 0. The summed E-state index contributed by atoms with van der Waals surface area (Å²) in [6.07, 6.45) is 2.44. The molecule has 4 heteroatoms. The molecule has 0 saturated carbocycles. The van der Waals surface area contributed by atoms with Gasteiger partial charge in [-0.05, 0) is 19.8 Å². The first-order valence-corrected chi connectivity index (χ1v) is 4.86. The van der Waals surface area contributed by atoms with Crippen LogP contribution < -0.4 is 11.1 Å². The van der Waals surface area contributed by atoms with Crippen molar-refractivity contribution in [3.8, 4) is 0 Å². The number of amides is 1. The summed E-state index contributed by atoms with van der Waals surface area (Å²) in [4.78, 5) is 10.8. The number of carbonyl (C=O) groups is 1. The van der Waals surface area contributed by atoms with Gasteiger partial charge in [0.15, 0.2) is 0 Å². The molecule has 1 amide bonds. The fraction of sp³-hybridized carbons (Fsp3) is 0.889. The molecule has 0 rings (SSSR count). The zero-order valence-electron chi connectivity index (χ0n) is 8.51. The summed E-state index contributed by atoms with van der Waals surface area (Å²) in [7, 11) is 0. The first-order valence-electron chi connectivity index (χ1n) is 4.86. The Morgan fingerprint density at radius 2 is 2.15 bits per heavy atom. The molecule has 0 bridgehead atoms. The zero-order chi connectivity index (χ0) is 10.1. The average molecular weight is 188 g/mol. The average Bonchev–Trinajstić information content (AvgIpc) is 2.05. The summed E-state index contributed by atoms with van der Waals surface area (Å²) in [6, 6.07) is 0.152. The van der Waals surface area contributed by atoms with Crippen LogP contribution in [0.25, 0.3) is 0 Å². The summed E-state index contributed by atoms with van der Waals surface area (Å²) < 4.78 is 4.87. The van der Waals surface area contributed by atoms with Crippen molar-refractivity contribution in [2.24, 2.45) is 5.73 Å². The van der Waals surface area contributed by atoms with Crippen molar-refractivity contribution in [2.75, 3.05) is 13.2 Å².